The number of carbonyl (C=O) groups excluding carboxylic acids is 1. The number of aromatic nitrogens is 1. The predicted molar refractivity (Wildman–Crippen MR) is 125 cm³/mol. The molecule has 1 atom stereocenters. The zero-order valence-electron chi connectivity index (χ0n) is 19.4. The fraction of sp³-hybridized carbons (Fsp3) is 0.458. The summed E-state index contributed by atoms with van der Waals surface area (Å²) in [6, 6.07) is 7.71. The third-order valence-electron chi connectivity index (χ3n) is 6.28. The van der Waals surface area contributed by atoms with Gasteiger partial charge in [0.2, 0.25) is 5.88 Å². The average molecular weight is 472 g/mol. The lowest BCUT2D eigenvalue weighted by molar-refractivity contribution is -0.143. The molecule has 10 heteroatoms. The standard InChI is InChI=1S/C24H30FN5O4/c1-24(23(32)33)15-34-22-19(28-24)14-17(13-16-3-5-18(25)6-4-16)20(27-22)21(31)26-7-8-30-11-9-29(2)10-12-30/h3-6,14,28H,7-13,15H2,1-2H3,(H,26,31)(H,32,33)/t24-/m0/s1. The largest absolute Gasteiger partial charge is 0.479 e. The molecule has 2 aliphatic heterocycles. The fourth-order valence-electron chi connectivity index (χ4n) is 4.03. The Morgan fingerprint density at radius 2 is 1.94 bits per heavy atom. The van der Waals surface area contributed by atoms with Crippen LogP contribution in [0.5, 0.6) is 5.88 Å². The van der Waals surface area contributed by atoms with Crippen molar-refractivity contribution in [3.05, 3.63) is 53.0 Å². The maximum atomic E-state index is 13.4. The number of anilines is 1. The van der Waals surface area contributed by atoms with Gasteiger partial charge in [-0.05, 0) is 49.7 Å². The molecular formula is C24H30FN5O4. The molecule has 3 heterocycles. The molecule has 34 heavy (non-hydrogen) atoms. The first-order chi connectivity index (χ1) is 16.2. The van der Waals surface area contributed by atoms with E-state index in [0.717, 1.165) is 38.3 Å². The van der Waals surface area contributed by atoms with E-state index in [2.05, 4.69) is 32.5 Å². The van der Waals surface area contributed by atoms with Crippen LogP contribution in [0.15, 0.2) is 30.3 Å². The summed E-state index contributed by atoms with van der Waals surface area (Å²) in [4.78, 5) is 33.8. The minimum absolute atomic E-state index is 0.121. The number of carboxylic acid groups (broad SMARTS) is 1. The monoisotopic (exact) mass is 471 g/mol. The van der Waals surface area contributed by atoms with Gasteiger partial charge in [-0.1, -0.05) is 12.1 Å². The Morgan fingerprint density at radius 1 is 1.24 bits per heavy atom. The molecule has 0 unspecified atom stereocenters. The highest BCUT2D eigenvalue weighted by Crippen LogP contribution is 2.33. The maximum absolute atomic E-state index is 13.4. The molecule has 1 aromatic heterocycles. The minimum atomic E-state index is -1.31. The van der Waals surface area contributed by atoms with Gasteiger partial charge in [0, 0.05) is 39.3 Å². The number of hydrogen-bond acceptors (Lipinski definition) is 7. The number of halogens is 1. The highest BCUT2D eigenvalue weighted by molar-refractivity contribution is 5.95. The van der Waals surface area contributed by atoms with Gasteiger partial charge in [0.1, 0.15) is 18.1 Å². The smallest absolute Gasteiger partial charge is 0.332 e. The molecule has 3 N–H and O–H groups in total. The molecule has 0 aliphatic carbocycles. The van der Waals surface area contributed by atoms with E-state index in [4.69, 9.17) is 4.74 Å². The number of rotatable bonds is 7. The molecule has 182 valence electrons. The van der Waals surface area contributed by atoms with Crippen molar-refractivity contribution < 1.29 is 23.8 Å². The topological polar surface area (TPSA) is 107 Å². The lowest BCUT2D eigenvalue weighted by Crippen LogP contribution is -2.51. The minimum Gasteiger partial charge on any atom is -0.479 e. The second-order valence-corrected chi connectivity index (χ2v) is 9.10. The average Bonchev–Trinajstić information content (AvgIpc) is 2.81. The van der Waals surface area contributed by atoms with Crippen molar-refractivity contribution in [3.8, 4) is 5.88 Å². The molecule has 2 aromatic rings. The summed E-state index contributed by atoms with van der Waals surface area (Å²) in [5.41, 5.74) is 0.693. The van der Waals surface area contributed by atoms with Gasteiger partial charge in [-0.25, -0.2) is 14.2 Å². The summed E-state index contributed by atoms with van der Waals surface area (Å²) in [5, 5.41) is 15.5. The van der Waals surface area contributed by atoms with Crippen LogP contribution >= 0.6 is 0 Å². The molecule has 1 amide bonds. The van der Waals surface area contributed by atoms with Crippen molar-refractivity contribution in [2.24, 2.45) is 0 Å². The summed E-state index contributed by atoms with van der Waals surface area (Å²) in [7, 11) is 2.10. The van der Waals surface area contributed by atoms with Gasteiger partial charge in [0.25, 0.3) is 5.91 Å². The molecule has 0 spiro atoms. The van der Waals surface area contributed by atoms with Gasteiger partial charge in [-0.15, -0.1) is 0 Å². The highest BCUT2D eigenvalue weighted by Gasteiger charge is 2.39. The molecule has 1 fully saturated rings. The Balaban J connectivity index is 1.54. The number of aliphatic carboxylic acids is 1. The quantitative estimate of drug-likeness (QED) is 0.557. The number of piperazine rings is 1. The zero-order chi connectivity index (χ0) is 24.3. The van der Waals surface area contributed by atoms with Crippen LogP contribution in [0, 0.1) is 5.82 Å². The van der Waals surface area contributed by atoms with Gasteiger partial charge in [0.05, 0.1) is 5.69 Å². The second kappa shape index (κ2) is 9.94. The number of nitrogens with one attached hydrogen (secondary N) is 2. The van der Waals surface area contributed by atoms with Crippen LogP contribution in [0.1, 0.15) is 28.5 Å². The Labute approximate surface area is 197 Å². The van der Waals surface area contributed by atoms with Crippen LogP contribution in [0.2, 0.25) is 0 Å². The number of benzene rings is 1. The van der Waals surface area contributed by atoms with Crippen LogP contribution in [0.3, 0.4) is 0 Å². The first kappa shape index (κ1) is 23.9. The summed E-state index contributed by atoms with van der Waals surface area (Å²) >= 11 is 0. The Hall–Kier alpha value is -3.24. The van der Waals surface area contributed by atoms with Crippen LogP contribution < -0.4 is 15.4 Å². The normalized spacial score (nSPS) is 20.7. The fourth-order valence-corrected chi connectivity index (χ4v) is 4.03. The van der Waals surface area contributed by atoms with E-state index in [0.29, 0.717) is 24.2 Å². The van der Waals surface area contributed by atoms with E-state index in [1.54, 1.807) is 18.2 Å². The Kier molecular flexibility index (Phi) is 6.99. The first-order valence-electron chi connectivity index (χ1n) is 11.4. The summed E-state index contributed by atoms with van der Waals surface area (Å²) in [6.07, 6.45) is 0.327. The zero-order valence-corrected chi connectivity index (χ0v) is 19.4. The van der Waals surface area contributed by atoms with Gasteiger partial charge < -0.3 is 25.4 Å². The summed E-state index contributed by atoms with van der Waals surface area (Å²) < 4.78 is 19.0. The number of fused-ring (bicyclic) bond motifs is 1. The molecular weight excluding hydrogens is 441 g/mol. The molecule has 0 radical (unpaired) electrons. The predicted octanol–water partition coefficient (Wildman–Crippen LogP) is 1.44. The third-order valence-corrected chi connectivity index (χ3v) is 6.28. The third kappa shape index (κ3) is 5.45. The lowest BCUT2D eigenvalue weighted by Gasteiger charge is -2.33. The number of hydrogen-bond donors (Lipinski definition) is 3. The molecule has 0 saturated carbocycles. The van der Waals surface area contributed by atoms with Crippen molar-refractivity contribution in [2.45, 2.75) is 18.9 Å². The van der Waals surface area contributed by atoms with Crippen LogP contribution in [0.4, 0.5) is 10.1 Å². The highest BCUT2D eigenvalue weighted by atomic mass is 19.1. The van der Waals surface area contributed by atoms with E-state index >= 15 is 0 Å². The molecule has 0 bridgehead atoms. The maximum Gasteiger partial charge on any atom is 0.332 e. The van der Waals surface area contributed by atoms with E-state index in [1.807, 2.05) is 0 Å². The van der Waals surface area contributed by atoms with Crippen molar-refractivity contribution in [1.29, 1.82) is 0 Å². The number of ether oxygens (including phenoxy) is 1. The first-order valence-corrected chi connectivity index (χ1v) is 11.4. The van der Waals surface area contributed by atoms with Crippen LogP contribution in [-0.2, 0) is 11.2 Å². The Bertz CT molecular complexity index is 1060. The van der Waals surface area contributed by atoms with Crippen molar-refractivity contribution in [3.63, 3.8) is 0 Å². The van der Waals surface area contributed by atoms with Crippen molar-refractivity contribution in [1.82, 2.24) is 20.1 Å². The SMILES string of the molecule is CN1CCN(CCNC(=O)c2nc3c(cc2Cc2ccc(F)cc2)N[C@](C)(C(=O)O)CO3)CC1. The van der Waals surface area contributed by atoms with Crippen LogP contribution in [0.25, 0.3) is 0 Å². The van der Waals surface area contributed by atoms with E-state index < -0.39 is 11.5 Å². The number of likely N-dealkylation sites (N-methyl/N-ethyl adjacent to an activating group) is 1. The molecule has 1 aromatic carbocycles. The van der Waals surface area contributed by atoms with Gasteiger partial charge in [0.15, 0.2) is 5.54 Å². The summed E-state index contributed by atoms with van der Waals surface area (Å²) in [5.74, 6) is -1.54. The van der Waals surface area contributed by atoms with E-state index in [-0.39, 0.29) is 29.9 Å². The van der Waals surface area contributed by atoms with E-state index in [1.165, 1.54) is 19.1 Å². The van der Waals surface area contributed by atoms with Gasteiger partial charge in [-0.2, -0.15) is 0 Å². The molecule has 4 rings (SSSR count). The number of nitrogens with zero attached hydrogens (tertiary/aromatic N) is 3. The van der Waals surface area contributed by atoms with Crippen molar-refractivity contribution in [2.75, 3.05) is 58.2 Å². The second-order valence-electron chi connectivity index (χ2n) is 9.10. The summed E-state index contributed by atoms with van der Waals surface area (Å²) in [6.45, 7) is 6.55. The molecule has 9 nitrogen and oxygen atoms in total. The van der Waals surface area contributed by atoms with Crippen LogP contribution in [-0.4, -0.2) is 90.2 Å². The molecule has 1 saturated heterocycles. The van der Waals surface area contributed by atoms with E-state index in [9.17, 15) is 19.1 Å². The number of amides is 1. The Morgan fingerprint density at radius 3 is 2.62 bits per heavy atom. The van der Waals surface area contributed by atoms with Gasteiger partial charge >= 0.3 is 5.97 Å². The lowest BCUT2D eigenvalue weighted by atomic mass is 9.99. The molecule has 2 aliphatic rings. The van der Waals surface area contributed by atoms with Crippen molar-refractivity contribution >= 4 is 17.6 Å². The van der Waals surface area contributed by atoms with Gasteiger partial charge in [-0.3, -0.25) is 9.69 Å². The number of carbonyl (C=O) groups is 2. The number of carboxylic acids is 1. The number of pyridine rings is 1.